The molecule has 0 saturated heterocycles. The number of carbonyl (C=O) groups excluding carboxylic acids is 1. The van der Waals surface area contributed by atoms with Gasteiger partial charge in [-0.15, -0.1) is 0 Å². The van der Waals surface area contributed by atoms with E-state index >= 15 is 0 Å². The van der Waals surface area contributed by atoms with Gasteiger partial charge in [-0.05, 0) is 49.7 Å². The summed E-state index contributed by atoms with van der Waals surface area (Å²) in [4.78, 5) is 14.6. The summed E-state index contributed by atoms with van der Waals surface area (Å²) in [5, 5.41) is 12.2. The summed E-state index contributed by atoms with van der Waals surface area (Å²) in [6.07, 6.45) is 2.60. The summed E-state index contributed by atoms with van der Waals surface area (Å²) in [6.45, 7) is 5.98. The summed E-state index contributed by atoms with van der Waals surface area (Å²) < 4.78 is 5.23. The molecule has 2 aromatic rings. The van der Waals surface area contributed by atoms with Crippen LogP contribution in [0.4, 0.5) is 5.69 Å². The van der Waals surface area contributed by atoms with Crippen molar-refractivity contribution in [1.29, 1.82) is 0 Å². The Hall–Kier alpha value is -2.27. The van der Waals surface area contributed by atoms with Gasteiger partial charge in [0.1, 0.15) is 11.8 Å². The fourth-order valence-electron chi connectivity index (χ4n) is 2.50. The van der Waals surface area contributed by atoms with Crippen molar-refractivity contribution in [1.82, 2.24) is 5.32 Å². The number of carbonyl (C=O) groups is 1. The van der Waals surface area contributed by atoms with Gasteiger partial charge in [0, 0.05) is 24.3 Å². The number of hydrogen-bond donors (Lipinski definition) is 2. The molecule has 23 heavy (non-hydrogen) atoms. The first kappa shape index (κ1) is 17.1. The number of nitrogens with zero attached hydrogens (tertiary/aromatic N) is 1. The number of amides is 1. The van der Waals surface area contributed by atoms with Gasteiger partial charge < -0.3 is 19.7 Å². The lowest BCUT2D eigenvalue weighted by Gasteiger charge is -2.22. The molecule has 0 aliphatic carbocycles. The zero-order chi connectivity index (χ0) is 16.7. The largest absolute Gasteiger partial charge is 0.467 e. The molecule has 1 aromatic carbocycles. The van der Waals surface area contributed by atoms with E-state index in [0.29, 0.717) is 11.3 Å². The standard InChI is InChI=1S/C18H24N2O3/c1-3-11-20(4-2)15-9-7-14(8-10-15)18(22)19-16(13-21)17-6-5-12-23-17/h5-10,12,16,21H,3-4,11,13H2,1-2H3,(H,19,22). The first-order chi connectivity index (χ1) is 11.2. The van der Waals surface area contributed by atoms with Gasteiger partial charge in [-0.2, -0.15) is 0 Å². The molecule has 1 atom stereocenters. The minimum Gasteiger partial charge on any atom is -0.467 e. The number of hydrogen-bond acceptors (Lipinski definition) is 4. The third-order valence-corrected chi connectivity index (χ3v) is 3.74. The van der Waals surface area contributed by atoms with Gasteiger partial charge in [0.05, 0.1) is 12.9 Å². The first-order valence-corrected chi connectivity index (χ1v) is 7.99. The lowest BCUT2D eigenvalue weighted by molar-refractivity contribution is 0.0907. The Balaban J connectivity index is 2.05. The number of aliphatic hydroxyl groups is 1. The van der Waals surface area contributed by atoms with Crippen molar-refractivity contribution in [3.63, 3.8) is 0 Å². The van der Waals surface area contributed by atoms with Crippen molar-refractivity contribution in [2.75, 3.05) is 24.6 Å². The van der Waals surface area contributed by atoms with E-state index in [4.69, 9.17) is 4.42 Å². The van der Waals surface area contributed by atoms with Crippen molar-refractivity contribution in [3.8, 4) is 0 Å². The number of rotatable bonds is 8. The molecule has 5 heteroatoms. The van der Waals surface area contributed by atoms with Crippen LogP contribution in [-0.4, -0.2) is 30.7 Å². The molecule has 0 spiro atoms. The summed E-state index contributed by atoms with van der Waals surface area (Å²) in [6, 6.07) is 10.4. The second-order valence-electron chi connectivity index (χ2n) is 5.35. The Labute approximate surface area is 136 Å². The zero-order valence-electron chi connectivity index (χ0n) is 13.7. The number of aliphatic hydroxyl groups excluding tert-OH is 1. The Morgan fingerprint density at radius 2 is 2.00 bits per heavy atom. The van der Waals surface area contributed by atoms with Crippen LogP contribution in [0.25, 0.3) is 0 Å². The highest BCUT2D eigenvalue weighted by atomic mass is 16.3. The monoisotopic (exact) mass is 316 g/mol. The van der Waals surface area contributed by atoms with Gasteiger partial charge in [0.25, 0.3) is 5.91 Å². The maximum Gasteiger partial charge on any atom is 0.251 e. The molecule has 124 valence electrons. The lowest BCUT2D eigenvalue weighted by Crippen LogP contribution is -2.30. The van der Waals surface area contributed by atoms with Crippen molar-refractivity contribution in [2.24, 2.45) is 0 Å². The van der Waals surface area contributed by atoms with Crippen molar-refractivity contribution >= 4 is 11.6 Å². The molecule has 1 aromatic heterocycles. The minimum absolute atomic E-state index is 0.211. The van der Waals surface area contributed by atoms with Crippen LogP contribution >= 0.6 is 0 Å². The van der Waals surface area contributed by atoms with Crippen LogP contribution in [0.2, 0.25) is 0 Å². The topological polar surface area (TPSA) is 65.7 Å². The smallest absolute Gasteiger partial charge is 0.251 e. The molecule has 0 fully saturated rings. The highest BCUT2D eigenvalue weighted by Gasteiger charge is 2.17. The fourth-order valence-corrected chi connectivity index (χ4v) is 2.50. The summed E-state index contributed by atoms with van der Waals surface area (Å²) in [7, 11) is 0. The van der Waals surface area contributed by atoms with Gasteiger partial charge in [0.15, 0.2) is 0 Å². The van der Waals surface area contributed by atoms with Gasteiger partial charge in [-0.3, -0.25) is 4.79 Å². The predicted molar refractivity (Wildman–Crippen MR) is 90.6 cm³/mol. The van der Waals surface area contributed by atoms with E-state index in [1.807, 2.05) is 12.1 Å². The molecule has 0 aliphatic rings. The molecular formula is C18H24N2O3. The van der Waals surface area contributed by atoms with E-state index in [-0.39, 0.29) is 12.5 Å². The molecule has 2 N–H and O–H groups in total. The van der Waals surface area contributed by atoms with Crippen molar-refractivity contribution < 1.29 is 14.3 Å². The van der Waals surface area contributed by atoms with Gasteiger partial charge >= 0.3 is 0 Å². The van der Waals surface area contributed by atoms with Crippen LogP contribution in [0.1, 0.15) is 42.4 Å². The average Bonchev–Trinajstić information content (AvgIpc) is 3.12. The van der Waals surface area contributed by atoms with Crippen molar-refractivity contribution in [2.45, 2.75) is 26.3 Å². The van der Waals surface area contributed by atoms with Gasteiger partial charge in [-0.25, -0.2) is 0 Å². The molecule has 0 saturated carbocycles. The molecule has 1 amide bonds. The number of nitrogens with one attached hydrogen (secondary N) is 1. The van der Waals surface area contributed by atoms with Crippen LogP contribution in [0, 0.1) is 0 Å². The van der Waals surface area contributed by atoms with Gasteiger partial charge in [-0.1, -0.05) is 6.92 Å². The Morgan fingerprint density at radius 1 is 1.26 bits per heavy atom. The summed E-state index contributed by atoms with van der Waals surface area (Å²) >= 11 is 0. The van der Waals surface area contributed by atoms with E-state index in [1.165, 1.54) is 6.26 Å². The second-order valence-corrected chi connectivity index (χ2v) is 5.35. The fraction of sp³-hybridized carbons (Fsp3) is 0.389. The average molecular weight is 316 g/mol. The number of benzene rings is 1. The maximum atomic E-state index is 12.3. The molecule has 0 bridgehead atoms. The molecule has 5 nitrogen and oxygen atoms in total. The third kappa shape index (κ3) is 4.36. The highest BCUT2D eigenvalue weighted by molar-refractivity contribution is 5.94. The van der Waals surface area contributed by atoms with E-state index in [9.17, 15) is 9.90 Å². The van der Waals surface area contributed by atoms with Crippen LogP contribution < -0.4 is 10.2 Å². The Bertz CT molecular complexity index is 593. The Kier molecular flexibility index (Phi) is 6.23. The number of furan rings is 1. The van der Waals surface area contributed by atoms with Crippen LogP contribution in [0.15, 0.2) is 47.1 Å². The maximum absolute atomic E-state index is 12.3. The quantitative estimate of drug-likeness (QED) is 0.786. The highest BCUT2D eigenvalue weighted by Crippen LogP contribution is 2.17. The zero-order valence-corrected chi connectivity index (χ0v) is 13.7. The minimum atomic E-state index is -0.538. The third-order valence-electron chi connectivity index (χ3n) is 3.74. The second kappa shape index (κ2) is 8.39. The Morgan fingerprint density at radius 3 is 2.52 bits per heavy atom. The summed E-state index contributed by atoms with van der Waals surface area (Å²) in [5.74, 6) is 0.308. The van der Waals surface area contributed by atoms with E-state index < -0.39 is 6.04 Å². The molecule has 0 aliphatic heterocycles. The molecule has 0 radical (unpaired) electrons. The summed E-state index contributed by atoms with van der Waals surface area (Å²) in [5.41, 5.74) is 1.67. The van der Waals surface area contributed by atoms with Gasteiger partial charge in [0.2, 0.25) is 0 Å². The normalized spacial score (nSPS) is 12.0. The van der Waals surface area contributed by atoms with Crippen LogP contribution in [0.5, 0.6) is 0 Å². The molecule has 1 unspecified atom stereocenters. The lowest BCUT2D eigenvalue weighted by atomic mass is 10.1. The van der Waals surface area contributed by atoms with Crippen molar-refractivity contribution in [3.05, 3.63) is 54.0 Å². The van der Waals surface area contributed by atoms with Crippen LogP contribution in [0.3, 0.4) is 0 Å². The first-order valence-electron chi connectivity index (χ1n) is 7.99. The predicted octanol–water partition coefficient (Wildman–Crippen LogP) is 2.98. The molecule has 1 heterocycles. The van der Waals surface area contributed by atoms with E-state index in [1.54, 1.807) is 24.3 Å². The SMILES string of the molecule is CCCN(CC)c1ccc(C(=O)NC(CO)c2ccco2)cc1. The van der Waals surface area contributed by atoms with Crippen LogP contribution in [-0.2, 0) is 0 Å². The molecular weight excluding hydrogens is 292 g/mol. The molecule has 2 rings (SSSR count). The van der Waals surface area contributed by atoms with E-state index in [0.717, 1.165) is 25.2 Å². The van der Waals surface area contributed by atoms with E-state index in [2.05, 4.69) is 24.1 Å². The number of anilines is 1.